The molecule has 2 heterocycles. The third kappa shape index (κ3) is 1.38. The summed E-state index contributed by atoms with van der Waals surface area (Å²) in [7, 11) is 0. The minimum Gasteiger partial charge on any atom is -0.355 e. The van der Waals surface area contributed by atoms with Gasteiger partial charge in [0, 0.05) is 18.5 Å². The van der Waals surface area contributed by atoms with Gasteiger partial charge in [0.25, 0.3) is 0 Å². The van der Waals surface area contributed by atoms with Crippen molar-refractivity contribution < 1.29 is 0 Å². The van der Waals surface area contributed by atoms with E-state index in [9.17, 15) is 0 Å². The summed E-state index contributed by atoms with van der Waals surface area (Å²) in [6.45, 7) is 2.21. The van der Waals surface area contributed by atoms with Crippen LogP contribution in [0.25, 0.3) is 10.9 Å². The number of halogens is 1. The first-order chi connectivity index (χ1) is 7.36. The highest BCUT2D eigenvalue weighted by Crippen LogP contribution is 2.30. The summed E-state index contributed by atoms with van der Waals surface area (Å²) in [5, 5.41) is 9.23. The first-order valence-electron chi connectivity index (χ1n) is 5.24. The van der Waals surface area contributed by atoms with E-state index in [0.29, 0.717) is 0 Å². The molecule has 78 valence electrons. The number of fused-ring (bicyclic) bond motifs is 1. The minimum absolute atomic E-state index is 0.741. The summed E-state index contributed by atoms with van der Waals surface area (Å²) in [4.78, 5) is 2.31. The quantitative estimate of drug-likeness (QED) is 0.803. The number of benzene rings is 1. The first kappa shape index (κ1) is 9.04. The predicted octanol–water partition coefficient (Wildman–Crippen LogP) is 2.82. The molecule has 0 amide bonds. The monoisotopic (exact) mass is 221 g/mol. The topological polar surface area (TPSA) is 31.9 Å². The van der Waals surface area contributed by atoms with Crippen LogP contribution in [-0.2, 0) is 0 Å². The van der Waals surface area contributed by atoms with E-state index in [0.717, 1.165) is 34.8 Å². The van der Waals surface area contributed by atoms with Gasteiger partial charge < -0.3 is 4.90 Å². The van der Waals surface area contributed by atoms with Gasteiger partial charge in [-0.15, -0.1) is 0 Å². The number of hydrogen-bond acceptors (Lipinski definition) is 2. The largest absolute Gasteiger partial charge is 0.355 e. The number of aromatic amines is 1. The number of para-hydroxylation sites is 1. The van der Waals surface area contributed by atoms with Crippen molar-refractivity contribution in [3.8, 4) is 0 Å². The van der Waals surface area contributed by atoms with Crippen LogP contribution >= 0.6 is 11.6 Å². The molecule has 0 aliphatic carbocycles. The minimum atomic E-state index is 0.741. The zero-order valence-electron chi connectivity index (χ0n) is 8.33. The summed E-state index contributed by atoms with van der Waals surface area (Å²) in [5.74, 6) is 1.05. The molecule has 2 aromatic rings. The summed E-state index contributed by atoms with van der Waals surface area (Å²) in [6.07, 6.45) is 2.52. The molecule has 1 saturated heterocycles. The number of hydrogen-bond donors (Lipinski definition) is 1. The van der Waals surface area contributed by atoms with Crippen molar-refractivity contribution in [2.75, 3.05) is 18.0 Å². The second kappa shape index (κ2) is 3.42. The molecule has 3 nitrogen and oxygen atoms in total. The fraction of sp³-hybridized carbons (Fsp3) is 0.364. The normalized spacial score (nSPS) is 16.5. The van der Waals surface area contributed by atoms with Crippen LogP contribution in [0.5, 0.6) is 0 Å². The van der Waals surface area contributed by atoms with E-state index in [1.165, 1.54) is 12.8 Å². The molecule has 0 atom stereocenters. The van der Waals surface area contributed by atoms with Crippen molar-refractivity contribution in [1.82, 2.24) is 10.2 Å². The van der Waals surface area contributed by atoms with Crippen molar-refractivity contribution >= 4 is 28.3 Å². The van der Waals surface area contributed by atoms with Gasteiger partial charge in [-0.2, -0.15) is 5.10 Å². The fourth-order valence-corrected chi connectivity index (χ4v) is 2.38. The standard InChI is InChI=1S/C11H12ClN3/c12-9-5-3-4-8-10(9)13-14-11(8)15-6-1-2-7-15/h3-5H,1-2,6-7H2,(H,13,14). The SMILES string of the molecule is Clc1cccc2c(N3CCCC3)n[nH]c12. The van der Waals surface area contributed by atoms with Crippen LogP contribution in [0.3, 0.4) is 0 Å². The van der Waals surface area contributed by atoms with E-state index in [1.54, 1.807) is 0 Å². The predicted molar refractivity (Wildman–Crippen MR) is 62.6 cm³/mol. The highest BCUT2D eigenvalue weighted by Gasteiger charge is 2.17. The van der Waals surface area contributed by atoms with Crippen molar-refractivity contribution in [3.63, 3.8) is 0 Å². The van der Waals surface area contributed by atoms with Crippen LogP contribution in [-0.4, -0.2) is 23.3 Å². The van der Waals surface area contributed by atoms with Crippen molar-refractivity contribution in [2.45, 2.75) is 12.8 Å². The second-order valence-corrected chi connectivity index (χ2v) is 4.31. The maximum atomic E-state index is 6.09. The van der Waals surface area contributed by atoms with Crippen molar-refractivity contribution in [3.05, 3.63) is 23.2 Å². The van der Waals surface area contributed by atoms with E-state index < -0.39 is 0 Å². The van der Waals surface area contributed by atoms with E-state index in [-0.39, 0.29) is 0 Å². The molecule has 3 rings (SSSR count). The van der Waals surface area contributed by atoms with Gasteiger partial charge >= 0.3 is 0 Å². The Morgan fingerprint density at radius 1 is 1.27 bits per heavy atom. The summed E-state index contributed by atoms with van der Waals surface area (Å²) >= 11 is 6.09. The third-order valence-corrected chi connectivity index (χ3v) is 3.25. The molecular formula is C11H12ClN3. The molecule has 1 aliphatic heterocycles. The number of rotatable bonds is 1. The van der Waals surface area contributed by atoms with Gasteiger partial charge in [-0.1, -0.05) is 17.7 Å². The second-order valence-electron chi connectivity index (χ2n) is 3.90. The summed E-state index contributed by atoms with van der Waals surface area (Å²) < 4.78 is 0. The van der Waals surface area contributed by atoms with Gasteiger partial charge in [-0.3, -0.25) is 5.10 Å². The Morgan fingerprint density at radius 2 is 2.07 bits per heavy atom. The van der Waals surface area contributed by atoms with Crippen molar-refractivity contribution in [1.29, 1.82) is 0 Å². The zero-order valence-corrected chi connectivity index (χ0v) is 9.09. The number of H-pyrrole nitrogens is 1. The summed E-state index contributed by atoms with van der Waals surface area (Å²) in [5.41, 5.74) is 0.945. The van der Waals surface area contributed by atoms with Crippen LogP contribution in [0.1, 0.15) is 12.8 Å². The van der Waals surface area contributed by atoms with Crippen LogP contribution in [0.2, 0.25) is 5.02 Å². The van der Waals surface area contributed by atoms with Gasteiger partial charge in [0.15, 0.2) is 5.82 Å². The lowest BCUT2D eigenvalue weighted by atomic mass is 10.2. The van der Waals surface area contributed by atoms with Crippen LogP contribution in [0.15, 0.2) is 18.2 Å². The van der Waals surface area contributed by atoms with Crippen LogP contribution < -0.4 is 4.90 Å². The lowest BCUT2D eigenvalue weighted by Gasteiger charge is -2.13. The Bertz CT molecular complexity index is 486. The average molecular weight is 222 g/mol. The highest BCUT2D eigenvalue weighted by molar-refractivity contribution is 6.35. The zero-order chi connectivity index (χ0) is 10.3. The molecule has 0 saturated carbocycles. The Morgan fingerprint density at radius 3 is 2.87 bits per heavy atom. The van der Waals surface area contributed by atoms with E-state index >= 15 is 0 Å². The Kier molecular flexibility index (Phi) is 2.06. The van der Waals surface area contributed by atoms with Crippen molar-refractivity contribution in [2.24, 2.45) is 0 Å². The molecule has 0 spiro atoms. The lowest BCUT2D eigenvalue weighted by molar-refractivity contribution is 0.926. The molecule has 0 bridgehead atoms. The maximum Gasteiger partial charge on any atom is 0.158 e. The molecule has 4 heteroatoms. The maximum absolute atomic E-state index is 6.09. The van der Waals surface area contributed by atoms with E-state index in [2.05, 4.69) is 21.2 Å². The number of anilines is 1. The molecule has 1 aromatic heterocycles. The Labute approximate surface area is 93.0 Å². The van der Waals surface area contributed by atoms with E-state index in [1.807, 2.05) is 12.1 Å². The van der Waals surface area contributed by atoms with Crippen LogP contribution in [0, 0.1) is 0 Å². The molecule has 0 unspecified atom stereocenters. The highest BCUT2D eigenvalue weighted by atomic mass is 35.5. The third-order valence-electron chi connectivity index (χ3n) is 2.93. The Balaban J connectivity index is 2.15. The Hall–Kier alpha value is -1.22. The molecule has 1 fully saturated rings. The van der Waals surface area contributed by atoms with Gasteiger partial charge in [-0.25, -0.2) is 0 Å². The fourth-order valence-electron chi connectivity index (χ4n) is 2.16. The van der Waals surface area contributed by atoms with Gasteiger partial charge in [0.1, 0.15) is 0 Å². The van der Waals surface area contributed by atoms with E-state index in [4.69, 9.17) is 11.6 Å². The summed E-state index contributed by atoms with van der Waals surface area (Å²) in [6, 6.07) is 5.92. The molecule has 1 aromatic carbocycles. The molecule has 1 N–H and O–H groups in total. The lowest BCUT2D eigenvalue weighted by Crippen LogP contribution is -2.18. The first-order valence-corrected chi connectivity index (χ1v) is 5.61. The number of nitrogens with zero attached hydrogens (tertiary/aromatic N) is 2. The van der Waals surface area contributed by atoms with Gasteiger partial charge in [-0.05, 0) is 25.0 Å². The number of nitrogens with one attached hydrogen (secondary N) is 1. The smallest absolute Gasteiger partial charge is 0.158 e. The molecule has 0 radical (unpaired) electrons. The average Bonchev–Trinajstić information content (AvgIpc) is 2.85. The number of aromatic nitrogens is 2. The van der Waals surface area contributed by atoms with Crippen LogP contribution in [0.4, 0.5) is 5.82 Å². The molecular weight excluding hydrogens is 210 g/mol. The van der Waals surface area contributed by atoms with Gasteiger partial charge in [0.2, 0.25) is 0 Å². The molecule has 15 heavy (non-hydrogen) atoms. The molecule has 1 aliphatic rings. The van der Waals surface area contributed by atoms with Gasteiger partial charge in [0.05, 0.1) is 10.5 Å².